The Morgan fingerprint density at radius 2 is 2.32 bits per heavy atom. The van der Waals surface area contributed by atoms with Gasteiger partial charge in [-0.05, 0) is 11.7 Å². The van der Waals surface area contributed by atoms with Crippen molar-refractivity contribution in [3.8, 4) is 0 Å². The molecule has 0 bridgehead atoms. The number of hydrogen-bond acceptors (Lipinski definition) is 9. The van der Waals surface area contributed by atoms with Crippen LogP contribution in [0.5, 0.6) is 0 Å². The zero-order valence-electron chi connectivity index (χ0n) is 13.3. The average Bonchev–Trinajstić information content (AvgIpc) is 2.55. The molecule has 1 aromatic rings. The molecular weight excluding hydrogens is 374 g/mol. The van der Waals surface area contributed by atoms with Gasteiger partial charge in [0.1, 0.15) is 5.69 Å². The first kappa shape index (κ1) is 19.4. The highest BCUT2D eigenvalue weighted by molar-refractivity contribution is 7.99. The van der Waals surface area contributed by atoms with Crippen molar-refractivity contribution in [3.05, 3.63) is 17.6 Å². The van der Waals surface area contributed by atoms with E-state index in [2.05, 4.69) is 19.9 Å². The van der Waals surface area contributed by atoms with E-state index in [1.165, 1.54) is 6.07 Å². The number of hydrogen-bond donors (Lipinski definition) is 4. The second kappa shape index (κ2) is 7.95. The molecule has 0 spiro atoms. The van der Waals surface area contributed by atoms with Gasteiger partial charge in [-0.1, -0.05) is 4.98 Å². The minimum Gasteiger partial charge on any atom is -0.349 e. The summed E-state index contributed by atoms with van der Waals surface area (Å²) in [5.41, 5.74) is 6.14. The van der Waals surface area contributed by atoms with Gasteiger partial charge in [-0.15, -0.1) is 11.8 Å². The second-order valence-corrected chi connectivity index (χ2v) is 7.29. The van der Waals surface area contributed by atoms with Gasteiger partial charge in [-0.3, -0.25) is 14.1 Å². The normalized spacial score (nSPS) is 17.8. The maximum Gasteiger partial charge on any atom is 0.476 e. The molecule has 2 rings (SSSR count). The molecule has 13 heteroatoms. The van der Waals surface area contributed by atoms with E-state index in [-0.39, 0.29) is 17.6 Å². The SMILES string of the molecule is CCNC(=O)C(=O)c1nc(C2CNCCS2)cc(N)[n+]1OS(=O)(=O)O. The maximum atomic E-state index is 12.3. The number of thioether (sulfide) groups is 1. The Bertz CT molecular complexity index is 778. The summed E-state index contributed by atoms with van der Waals surface area (Å²) in [6.45, 7) is 3.17. The number of ketones is 1. The van der Waals surface area contributed by atoms with Crippen LogP contribution < -0.4 is 25.4 Å². The molecule has 5 N–H and O–H groups in total. The molecule has 138 valence electrons. The highest BCUT2D eigenvalue weighted by atomic mass is 32.3. The van der Waals surface area contributed by atoms with Gasteiger partial charge in [0.25, 0.3) is 11.7 Å². The number of anilines is 1. The molecule has 1 saturated heterocycles. The van der Waals surface area contributed by atoms with Crippen LogP contribution in [0, 0.1) is 0 Å². The molecule has 1 atom stereocenters. The predicted octanol–water partition coefficient (Wildman–Crippen LogP) is -2.12. The Morgan fingerprint density at radius 3 is 2.88 bits per heavy atom. The van der Waals surface area contributed by atoms with E-state index in [9.17, 15) is 18.0 Å². The third-order valence-electron chi connectivity index (χ3n) is 3.13. The number of aromatic nitrogens is 2. The number of likely N-dealkylation sites (N-methyl/N-ethyl adjacent to an activating group) is 1. The number of amides is 1. The summed E-state index contributed by atoms with van der Waals surface area (Å²) >= 11 is 1.57. The number of carbonyl (C=O) groups is 2. The summed E-state index contributed by atoms with van der Waals surface area (Å²) in [5, 5.41) is 5.30. The number of rotatable bonds is 6. The molecule has 11 nitrogen and oxygen atoms in total. The zero-order chi connectivity index (χ0) is 18.6. The van der Waals surface area contributed by atoms with Crippen LogP contribution in [0.4, 0.5) is 5.82 Å². The maximum absolute atomic E-state index is 12.3. The molecule has 0 saturated carbocycles. The Morgan fingerprint density at radius 1 is 1.60 bits per heavy atom. The van der Waals surface area contributed by atoms with E-state index in [0.717, 1.165) is 12.3 Å². The van der Waals surface area contributed by atoms with E-state index in [4.69, 9.17) is 10.3 Å². The summed E-state index contributed by atoms with van der Waals surface area (Å²) in [5.74, 6) is -2.30. The van der Waals surface area contributed by atoms with Crippen molar-refractivity contribution in [2.45, 2.75) is 12.2 Å². The molecule has 1 aliphatic heterocycles. The third kappa shape index (κ3) is 5.01. The van der Waals surface area contributed by atoms with Crippen molar-refractivity contribution in [1.82, 2.24) is 15.6 Å². The topological polar surface area (TPSA) is 165 Å². The van der Waals surface area contributed by atoms with Gasteiger partial charge in [0, 0.05) is 25.4 Å². The lowest BCUT2D eigenvalue weighted by molar-refractivity contribution is -0.848. The van der Waals surface area contributed by atoms with Crippen LogP contribution in [-0.4, -0.2) is 55.0 Å². The van der Waals surface area contributed by atoms with Crippen molar-refractivity contribution in [2.75, 3.05) is 31.1 Å². The quantitative estimate of drug-likeness (QED) is 0.182. The largest absolute Gasteiger partial charge is 0.476 e. The summed E-state index contributed by atoms with van der Waals surface area (Å²) in [4.78, 5) is 28.2. The Hall–Kier alpha value is -1.96. The number of nitrogens with two attached hydrogens (primary N) is 1. The number of Topliss-reactive ketones (excluding diaryl/α,β-unsaturated/α-hetero) is 1. The van der Waals surface area contributed by atoms with Gasteiger partial charge in [0.2, 0.25) is 0 Å². The van der Waals surface area contributed by atoms with Crippen molar-refractivity contribution < 1.29 is 31.6 Å². The number of nitrogens with zero attached hydrogens (tertiary/aromatic N) is 2. The van der Waals surface area contributed by atoms with Gasteiger partial charge in [0.15, 0.2) is 0 Å². The van der Waals surface area contributed by atoms with Crippen LogP contribution in [0.25, 0.3) is 0 Å². The van der Waals surface area contributed by atoms with Gasteiger partial charge < -0.3 is 16.4 Å². The zero-order valence-corrected chi connectivity index (χ0v) is 14.9. The predicted molar refractivity (Wildman–Crippen MR) is 88.1 cm³/mol. The standard InChI is InChI=1S/C12H17N5O6S2/c1-2-15-12(19)10(18)11-16-7(8-6-14-3-4-24-8)5-9(13)17(11)23-25(20,21)22/h5,8,13-14H,2-4,6H2,1H3,(H2,15,19,20,21,22)/p+1. The van der Waals surface area contributed by atoms with E-state index in [1.54, 1.807) is 18.7 Å². The first-order chi connectivity index (χ1) is 11.7. The fourth-order valence-electron chi connectivity index (χ4n) is 2.11. The van der Waals surface area contributed by atoms with Crippen LogP contribution in [0.3, 0.4) is 0 Å². The molecule has 1 amide bonds. The van der Waals surface area contributed by atoms with Crippen LogP contribution in [-0.2, 0) is 15.2 Å². The Balaban J connectivity index is 2.51. The van der Waals surface area contributed by atoms with E-state index >= 15 is 0 Å². The fourth-order valence-corrected chi connectivity index (χ4v) is 3.53. The van der Waals surface area contributed by atoms with Crippen LogP contribution in [0.1, 0.15) is 28.5 Å². The van der Waals surface area contributed by atoms with Gasteiger partial charge in [-0.2, -0.15) is 8.42 Å². The summed E-state index contributed by atoms with van der Waals surface area (Å²) in [6.07, 6.45) is 0. The molecule has 1 aromatic heterocycles. The van der Waals surface area contributed by atoms with Crippen molar-refractivity contribution >= 4 is 39.7 Å². The number of carbonyl (C=O) groups excluding carboxylic acids is 2. The van der Waals surface area contributed by atoms with E-state index in [1.807, 2.05) is 0 Å². The minimum atomic E-state index is -4.99. The molecule has 0 radical (unpaired) electrons. The molecule has 0 aromatic carbocycles. The molecule has 1 unspecified atom stereocenters. The molecular formula is C12H18N5O6S2+. The number of nitrogen functional groups attached to an aromatic ring is 1. The first-order valence-electron chi connectivity index (χ1n) is 7.27. The lowest BCUT2D eigenvalue weighted by atomic mass is 10.2. The molecule has 0 aliphatic carbocycles. The van der Waals surface area contributed by atoms with E-state index < -0.39 is 27.9 Å². The lowest BCUT2D eigenvalue weighted by Gasteiger charge is -2.20. The minimum absolute atomic E-state index is 0.141. The second-order valence-electron chi connectivity index (χ2n) is 4.98. The Labute approximate surface area is 148 Å². The smallest absolute Gasteiger partial charge is 0.349 e. The van der Waals surface area contributed by atoms with Gasteiger partial charge in [0.05, 0.1) is 11.3 Å². The van der Waals surface area contributed by atoms with Gasteiger partial charge >= 0.3 is 22.0 Å². The summed E-state index contributed by atoms with van der Waals surface area (Å²) in [7, 11) is -4.99. The lowest BCUT2D eigenvalue weighted by Crippen LogP contribution is -2.55. The monoisotopic (exact) mass is 392 g/mol. The van der Waals surface area contributed by atoms with Crippen molar-refractivity contribution in [1.29, 1.82) is 0 Å². The third-order valence-corrected chi connectivity index (χ3v) is 4.72. The van der Waals surface area contributed by atoms with Gasteiger partial charge in [-0.25, -0.2) is 4.28 Å². The van der Waals surface area contributed by atoms with Crippen molar-refractivity contribution in [3.63, 3.8) is 0 Å². The highest BCUT2D eigenvalue weighted by Crippen LogP contribution is 2.29. The number of nitrogens with one attached hydrogen (secondary N) is 2. The highest BCUT2D eigenvalue weighted by Gasteiger charge is 2.34. The average molecular weight is 392 g/mol. The fraction of sp³-hybridized carbons (Fsp3) is 0.500. The van der Waals surface area contributed by atoms with Crippen LogP contribution in [0.15, 0.2) is 6.07 Å². The molecule has 1 fully saturated rings. The van der Waals surface area contributed by atoms with Crippen LogP contribution >= 0.6 is 11.8 Å². The molecule has 2 heterocycles. The Kier molecular flexibility index (Phi) is 6.16. The molecule has 25 heavy (non-hydrogen) atoms. The summed E-state index contributed by atoms with van der Waals surface area (Å²) < 4.78 is 35.5. The first-order valence-corrected chi connectivity index (χ1v) is 9.69. The van der Waals surface area contributed by atoms with Crippen molar-refractivity contribution in [2.24, 2.45) is 0 Å². The van der Waals surface area contributed by atoms with E-state index in [0.29, 0.717) is 17.0 Å². The van der Waals surface area contributed by atoms with Crippen LogP contribution in [0.2, 0.25) is 0 Å². The molecule has 1 aliphatic rings. The summed E-state index contributed by atoms with van der Waals surface area (Å²) in [6, 6.07) is 1.32.